The van der Waals surface area contributed by atoms with Gasteiger partial charge >= 0.3 is 0 Å². The molecule has 1 saturated heterocycles. The molecule has 1 aliphatic heterocycles. The predicted molar refractivity (Wildman–Crippen MR) is 73.5 cm³/mol. The molecule has 0 aromatic heterocycles. The van der Waals surface area contributed by atoms with Crippen molar-refractivity contribution in [3.8, 4) is 0 Å². The number of carbonyl (C=O) groups excluding carboxylic acids is 1. The lowest BCUT2D eigenvalue weighted by Gasteiger charge is -2.38. The first-order valence-electron chi connectivity index (χ1n) is 7.04. The van der Waals surface area contributed by atoms with Crippen LogP contribution in [0.15, 0.2) is 0 Å². The van der Waals surface area contributed by atoms with Crippen LogP contribution in [0.4, 0.5) is 0 Å². The lowest BCUT2D eigenvalue weighted by molar-refractivity contribution is -0.128. The Balaban J connectivity index is 2.56. The number of hydrogen-bond acceptors (Lipinski definition) is 3. The topological polar surface area (TPSA) is 50.4 Å². The van der Waals surface area contributed by atoms with Gasteiger partial charge in [0.1, 0.15) is 0 Å². The molecule has 2 unspecified atom stereocenters. The van der Waals surface area contributed by atoms with Gasteiger partial charge in [-0.3, -0.25) is 4.79 Å². The average molecular weight is 256 g/mol. The highest BCUT2D eigenvalue weighted by molar-refractivity contribution is 5.83. The average Bonchev–Trinajstić information content (AvgIpc) is 2.28. The predicted octanol–water partition coefficient (Wildman–Crippen LogP) is 1.70. The Bertz CT molecular complexity index is 261. The molecule has 1 heterocycles. The summed E-state index contributed by atoms with van der Waals surface area (Å²) in [4.78, 5) is 12.3. The summed E-state index contributed by atoms with van der Waals surface area (Å²) in [6.45, 7) is 7.97. The molecule has 1 aliphatic rings. The normalized spacial score (nSPS) is 24.6. The number of methoxy groups -OCH3 is 1. The molecule has 18 heavy (non-hydrogen) atoms. The monoisotopic (exact) mass is 256 g/mol. The second-order valence-electron chi connectivity index (χ2n) is 5.93. The van der Waals surface area contributed by atoms with E-state index in [1.807, 2.05) is 0 Å². The van der Waals surface area contributed by atoms with Crippen LogP contribution >= 0.6 is 0 Å². The molecule has 4 nitrogen and oxygen atoms in total. The van der Waals surface area contributed by atoms with Gasteiger partial charge in [0, 0.05) is 7.11 Å². The van der Waals surface area contributed by atoms with E-state index < -0.39 is 0 Å². The van der Waals surface area contributed by atoms with E-state index in [0.29, 0.717) is 6.61 Å². The fourth-order valence-corrected chi connectivity index (χ4v) is 2.69. The molecule has 0 aromatic rings. The standard InChI is InChI=1S/C14H28N2O2/c1-5-7-11(10-18-4)16-13(17)12-14(2,3)8-6-9-15-12/h11-12,15H,5-10H2,1-4H3,(H,16,17). The Morgan fingerprint density at radius 2 is 2.28 bits per heavy atom. The third-order valence-electron chi connectivity index (χ3n) is 3.74. The van der Waals surface area contributed by atoms with Crippen LogP contribution in [-0.4, -0.2) is 38.3 Å². The number of rotatable bonds is 6. The highest BCUT2D eigenvalue weighted by atomic mass is 16.5. The SMILES string of the molecule is CCCC(COC)NC(=O)C1NCCCC1(C)C. The summed E-state index contributed by atoms with van der Waals surface area (Å²) in [5.74, 6) is 0.121. The Labute approximate surface area is 111 Å². The lowest BCUT2D eigenvalue weighted by atomic mass is 9.77. The van der Waals surface area contributed by atoms with Gasteiger partial charge in [-0.2, -0.15) is 0 Å². The first kappa shape index (κ1) is 15.4. The minimum absolute atomic E-state index is 0.0339. The summed E-state index contributed by atoms with van der Waals surface area (Å²) >= 11 is 0. The van der Waals surface area contributed by atoms with Crippen molar-refractivity contribution in [2.75, 3.05) is 20.3 Å². The van der Waals surface area contributed by atoms with E-state index >= 15 is 0 Å². The molecular formula is C14H28N2O2. The van der Waals surface area contributed by atoms with Crippen LogP contribution in [0, 0.1) is 5.41 Å². The number of carbonyl (C=O) groups is 1. The number of amides is 1. The number of nitrogens with one attached hydrogen (secondary N) is 2. The van der Waals surface area contributed by atoms with Gasteiger partial charge in [0.05, 0.1) is 18.7 Å². The van der Waals surface area contributed by atoms with Crippen LogP contribution in [0.2, 0.25) is 0 Å². The number of ether oxygens (including phenoxy) is 1. The van der Waals surface area contributed by atoms with Crippen LogP contribution in [0.25, 0.3) is 0 Å². The summed E-state index contributed by atoms with van der Waals surface area (Å²) in [6.07, 6.45) is 4.26. The fourth-order valence-electron chi connectivity index (χ4n) is 2.69. The molecule has 0 aromatic carbocycles. The highest BCUT2D eigenvalue weighted by Gasteiger charge is 2.37. The summed E-state index contributed by atoms with van der Waals surface area (Å²) < 4.78 is 5.16. The van der Waals surface area contributed by atoms with Gasteiger partial charge in [-0.25, -0.2) is 0 Å². The minimum Gasteiger partial charge on any atom is -0.383 e. The van der Waals surface area contributed by atoms with Gasteiger partial charge < -0.3 is 15.4 Å². The molecule has 2 atom stereocenters. The number of piperidine rings is 1. The highest BCUT2D eigenvalue weighted by Crippen LogP contribution is 2.30. The first-order chi connectivity index (χ1) is 8.51. The zero-order chi connectivity index (χ0) is 13.6. The molecule has 0 radical (unpaired) electrons. The summed E-state index contributed by atoms with van der Waals surface area (Å²) in [5.41, 5.74) is 0.0339. The molecule has 0 spiro atoms. The molecule has 0 aliphatic carbocycles. The van der Waals surface area contributed by atoms with Gasteiger partial charge in [0.15, 0.2) is 0 Å². The van der Waals surface area contributed by atoms with Crippen molar-refractivity contribution in [2.45, 2.75) is 58.5 Å². The Morgan fingerprint density at radius 1 is 1.56 bits per heavy atom. The summed E-state index contributed by atoms with van der Waals surface area (Å²) in [6, 6.07) is 0.0505. The van der Waals surface area contributed by atoms with Crippen LogP contribution in [0.5, 0.6) is 0 Å². The van der Waals surface area contributed by atoms with Crippen LogP contribution in [0.1, 0.15) is 46.5 Å². The minimum atomic E-state index is -0.0811. The molecule has 106 valence electrons. The third-order valence-corrected chi connectivity index (χ3v) is 3.74. The van der Waals surface area contributed by atoms with Crippen molar-refractivity contribution < 1.29 is 9.53 Å². The van der Waals surface area contributed by atoms with E-state index in [9.17, 15) is 4.79 Å². The smallest absolute Gasteiger partial charge is 0.237 e. The third kappa shape index (κ3) is 4.25. The molecule has 0 saturated carbocycles. The largest absolute Gasteiger partial charge is 0.383 e. The van der Waals surface area contributed by atoms with Crippen molar-refractivity contribution in [1.82, 2.24) is 10.6 Å². The van der Waals surface area contributed by atoms with E-state index in [4.69, 9.17) is 4.74 Å². The van der Waals surface area contributed by atoms with Crippen molar-refractivity contribution in [3.63, 3.8) is 0 Å². The van der Waals surface area contributed by atoms with Gasteiger partial charge in [-0.05, 0) is 31.2 Å². The van der Waals surface area contributed by atoms with E-state index in [0.717, 1.165) is 32.2 Å². The molecule has 0 bridgehead atoms. The zero-order valence-electron chi connectivity index (χ0n) is 12.2. The van der Waals surface area contributed by atoms with Crippen molar-refractivity contribution in [2.24, 2.45) is 5.41 Å². The Kier molecular flexibility index (Phi) is 6.09. The van der Waals surface area contributed by atoms with E-state index in [1.165, 1.54) is 0 Å². The van der Waals surface area contributed by atoms with Crippen LogP contribution in [-0.2, 0) is 9.53 Å². The zero-order valence-corrected chi connectivity index (χ0v) is 12.2. The quantitative estimate of drug-likeness (QED) is 0.760. The van der Waals surface area contributed by atoms with E-state index in [2.05, 4.69) is 31.4 Å². The van der Waals surface area contributed by atoms with E-state index in [-0.39, 0.29) is 23.4 Å². The molecule has 4 heteroatoms. The van der Waals surface area contributed by atoms with Crippen LogP contribution < -0.4 is 10.6 Å². The van der Waals surface area contributed by atoms with Gasteiger partial charge in [0.2, 0.25) is 5.91 Å². The molecule has 2 N–H and O–H groups in total. The first-order valence-corrected chi connectivity index (χ1v) is 7.04. The maximum Gasteiger partial charge on any atom is 0.237 e. The molecule has 1 fully saturated rings. The van der Waals surface area contributed by atoms with Crippen LogP contribution in [0.3, 0.4) is 0 Å². The van der Waals surface area contributed by atoms with Gasteiger partial charge in [-0.1, -0.05) is 27.2 Å². The van der Waals surface area contributed by atoms with Gasteiger partial charge in [0.25, 0.3) is 0 Å². The van der Waals surface area contributed by atoms with Crippen molar-refractivity contribution >= 4 is 5.91 Å². The fraction of sp³-hybridized carbons (Fsp3) is 0.929. The molecule has 1 amide bonds. The Morgan fingerprint density at radius 3 is 2.83 bits per heavy atom. The second-order valence-corrected chi connectivity index (χ2v) is 5.93. The lowest BCUT2D eigenvalue weighted by Crippen LogP contribution is -2.57. The second kappa shape index (κ2) is 7.10. The summed E-state index contributed by atoms with van der Waals surface area (Å²) in [7, 11) is 1.68. The number of hydrogen-bond donors (Lipinski definition) is 2. The molecule has 1 rings (SSSR count). The maximum absolute atomic E-state index is 12.3. The maximum atomic E-state index is 12.3. The van der Waals surface area contributed by atoms with E-state index in [1.54, 1.807) is 7.11 Å². The Hall–Kier alpha value is -0.610. The van der Waals surface area contributed by atoms with Gasteiger partial charge in [-0.15, -0.1) is 0 Å². The van der Waals surface area contributed by atoms with Crippen molar-refractivity contribution in [1.29, 1.82) is 0 Å². The summed E-state index contributed by atoms with van der Waals surface area (Å²) in [5, 5.41) is 6.46. The molecular weight excluding hydrogens is 228 g/mol. The van der Waals surface area contributed by atoms with Crippen molar-refractivity contribution in [3.05, 3.63) is 0 Å².